The Morgan fingerprint density at radius 1 is 1.05 bits per heavy atom. The highest BCUT2D eigenvalue weighted by Gasteiger charge is 2.10. The Labute approximate surface area is 117 Å². The average Bonchev–Trinajstić information content (AvgIpc) is 2.80. The fourth-order valence-electron chi connectivity index (χ4n) is 2.37. The van der Waals surface area contributed by atoms with Gasteiger partial charge in [-0.25, -0.2) is 4.98 Å². The van der Waals surface area contributed by atoms with Gasteiger partial charge in [0.05, 0.1) is 0 Å². The van der Waals surface area contributed by atoms with Gasteiger partial charge < -0.3 is 4.42 Å². The number of benzene rings is 2. The van der Waals surface area contributed by atoms with Crippen LogP contribution in [0, 0.1) is 13.8 Å². The normalized spacial score (nSPS) is 10.9. The summed E-state index contributed by atoms with van der Waals surface area (Å²) >= 11 is 0. The maximum absolute atomic E-state index is 11.4. The van der Waals surface area contributed by atoms with E-state index in [9.17, 15) is 4.79 Å². The number of hydrogen-bond acceptors (Lipinski definition) is 3. The molecule has 3 nitrogen and oxygen atoms in total. The quantitative estimate of drug-likeness (QED) is 0.648. The van der Waals surface area contributed by atoms with Crippen molar-refractivity contribution in [3.05, 3.63) is 53.1 Å². The van der Waals surface area contributed by atoms with Crippen molar-refractivity contribution in [1.29, 1.82) is 0 Å². The van der Waals surface area contributed by atoms with Crippen LogP contribution in [0.15, 0.2) is 40.8 Å². The van der Waals surface area contributed by atoms with Gasteiger partial charge in [-0.15, -0.1) is 0 Å². The topological polar surface area (TPSA) is 43.1 Å². The molecule has 0 amide bonds. The molecule has 3 aromatic rings. The highest BCUT2D eigenvalue weighted by molar-refractivity contribution is 5.97. The smallest absolute Gasteiger partial charge is 0.227 e. The molecular formula is C17H15NO2. The maximum Gasteiger partial charge on any atom is 0.227 e. The van der Waals surface area contributed by atoms with E-state index in [1.165, 1.54) is 11.1 Å². The molecule has 0 aliphatic rings. The monoisotopic (exact) mass is 265 g/mol. The molecule has 2 aromatic carbocycles. The second-order valence-electron chi connectivity index (χ2n) is 5.13. The summed E-state index contributed by atoms with van der Waals surface area (Å²) in [6.45, 7) is 5.64. The van der Waals surface area contributed by atoms with Crippen molar-refractivity contribution in [3.8, 4) is 11.5 Å². The number of nitrogens with zero attached hydrogens (tertiary/aromatic N) is 1. The fourth-order valence-corrected chi connectivity index (χ4v) is 2.37. The van der Waals surface area contributed by atoms with Gasteiger partial charge in [-0.3, -0.25) is 4.79 Å². The lowest BCUT2D eigenvalue weighted by atomic mass is 10.1. The summed E-state index contributed by atoms with van der Waals surface area (Å²) in [4.78, 5) is 15.9. The standard InChI is InChI=1S/C17H15NO2/c1-10-6-11(2)8-14(7-10)17-18-15-5-4-13(12(3)19)9-16(15)20-17/h4-9H,1-3H3. The fraction of sp³-hybridized carbons (Fsp3) is 0.176. The van der Waals surface area contributed by atoms with Gasteiger partial charge in [0.1, 0.15) is 5.52 Å². The minimum absolute atomic E-state index is 0.0243. The number of rotatable bonds is 2. The van der Waals surface area contributed by atoms with Crippen LogP contribution in [0.25, 0.3) is 22.6 Å². The van der Waals surface area contributed by atoms with Crippen LogP contribution in [0.5, 0.6) is 0 Å². The van der Waals surface area contributed by atoms with Crippen LogP contribution in [0.4, 0.5) is 0 Å². The molecule has 3 heteroatoms. The third-order valence-electron chi connectivity index (χ3n) is 3.26. The average molecular weight is 265 g/mol. The van der Waals surface area contributed by atoms with Crippen molar-refractivity contribution in [2.75, 3.05) is 0 Å². The molecule has 0 unspecified atom stereocenters. The Morgan fingerprint density at radius 2 is 1.75 bits per heavy atom. The molecule has 0 saturated heterocycles. The predicted octanol–water partition coefficient (Wildman–Crippen LogP) is 4.31. The Kier molecular flexibility index (Phi) is 2.90. The first kappa shape index (κ1) is 12.6. The largest absolute Gasteiger partial charge is 0.436 e. The molecule has 0 bridgehead atoms. The van der Waals surface area contributed by atoms with Crippen molar-refractivity contribution in [2.45, 2.75) is 20.8 Å². The van der Waals surface area contributed by atoms with Gasteiger partial charge in [-0.05, 0) is 51.1 Å². The lowest BCUT2D eigenvalue weighted by molar-refractivity contribution is 0.101. The molecule has 0 aliphatic carbocycles. The van der Waals surface area contributed by atoms with E-state index in [1.54, 1.807) is 19.1 Å². The summed E-state index contributed by atoms with van der Waals surface area (Å²) in [5, 5.41) is 0. The van der Waals surface area contributed by atoms with E-state index in [-0.39, 0.29) is 5.78 Å². The van der Waals surface area contributed by atoms with Crippen molar-refractivity contribution in [1.82, 2.24) is 4.98 Å². The van der Waals surface area contributed by atoms with Gasteiger partial charge in [-0.1, -0.05) is 17.2 Å². The van der Waals surface area contributed by atoms with E-state index in [4.69, 9.17) is 4.42 Å². The van der Waals surface area contributed by atoms with Crippen molar-refractivity contribution < 1.29 is 9.21 Å². The van der Waals surface area contributed by atoms with Gasteiger partial charge in [0.2, 0.25) is 5.89 Å². The lowest BCUT2D eigenvalue weighted by Gasteiger charge is -2.00. The summed E-state index contributed by atoms with van der Waals surface area (Å²) in [6.07, 6.45) is 0. The number of aromatic nitrogens is 1. The highest BCUT2D eigenvalue weighted by atomic mass is 16.3. The molecule has 3 rings (SSSR count). The van der Waals surface area contributed by atoms with E-state index < -0.39 is 0 Å². The second-order valence-corrected chi connectivity index (χ2v) is 5.13. The molecule has 0 N–H and O–H groups in total. The molecular weight excluding hydrogens is 250 g/mol. The zero-order valence-electron chi connectivity index (χ0n) is 11.7. The predicted molar refractivity (Wildman–Crippen MR) is 78.9 cm³/mol. The van der Waals surface area contributed by atoms with Crippen LogP contribution in [0.1, 0.15) is 28.4 Å². The first-order valence-electron chi connectivity index (χ1n) is 6.53. The van der Waals surface area contributed by atoms with Gasteiger partial charge in [-0.2, -0.15) is 0 Å². The molecule has 1 aromatic heterocycles. The molecule has 0 atom stereocenters. The summed E-state index contributed by atoms with van der Waals surface area (Å²) in [6, 6.07) is 11.5. The van der Waals surface area contributed by atoms with Gasteiger partial charge in [0, 0.05) is 11.1 Å². The Morgan fingerprint density at radius 3 is 2.40 bits per heavy atom. The van der Waals surface area contributed by atoms with E-state index in [2.05, 4.69) is 11.1 Å². The van der Waals surface area contributed by atoms with Crippen molar-refractivity contribution in [3.63, 3.8) is 0 Å². The van der Waals surface area contributed by atoms with Crippen molar-refractivity contribution >= 4 is 16.9 Å². The first-order chi connectivity index (χ1) is 9.52. The number of ketones is 1. The van der Waals surface area contributed by atoms with Gasteiger partial charge in [0.25, 0.3) is 0 Å². The molecule has 0 spiro atoms. The van der Waals surface area contributed by atoms with Crippen LogP contribution in [-0.2, 0) is 0 Å². The van der Waals surface area contributed by atoms with Crippen LogP contribution >= 0.6 is 0 Å². The number of aryl methyl sites for hydroxylation is 2. The Bertz CT molecular complexity index is 795. The van der Waals surface area contributed by atoms with Crippen LogP contribution in [-0.4, -0.2) is 10.8 Å². The van der Waals surface area contributed by atoms with Crippen LogP contribution in [0.2, 0.25) is 0 Å². The van der Waals surface area contributed by atoms with Crippen LogP contribution < -0.4 is 0 Å². The number of Topliss-reactive ketones (excluding diaryl/α,β-unsaturated/α-hetero) is 1. The van der Waals surface area contributed by atoms with E-state index in [1.807, 2.05) is 32.0 Å². The van der Waals surface area contributed by atoms with Crippen molar-refractivity contribution in [2.24, 2.45) is 0 Å². The summed E-state index contributed by atoms with van der Waals surface area (Å²) in [7, 11) is 0. The van der Waals surface area contributed by atoms with E-state index in [0.29, 0.717) is 17.0 Å². The number of oxazole rings is 1. The number of fused-ring (bicyclic) bond motifs is 1. The highest BCUT2D eigenvalue weighted by Crippen LogP contribution is 2.26. The molecule has 0 fully saturated rings. The molecule has 20 heavy (non-hydrogen) atoms. The molecule has 0 saturated carbocycles. The second kappa shape index (κ2) is 4.60. The van der Waals surface area contributed by atoms with Gasteiger partial charge >= 0.3 is 0 Å². The number of hydrogen-bond donors (Lipinski definition) is 0. The number of carbonyl (C=O) groups is 1. The number of carbonyl (C=O) groups excluding carboxylic acids is 1. The third kappa shape index (κ3) is 2.23. The summed E-state index contributed by atoms with van der Waals surface area (Å²) in [5.74, 6) is 0.615. The molecule has 100 valence electrons. The molecule has 0 radical (unpaired) electrons. The van der Waals surface area contributed by atoms with E-state index >= 15 is 0 Å². The maximum atomic E-state index is 11.4. The third-order valence-corrected chi connectivity index (χ3v) is 3.26. The van der Waals surface area contributed by atoms with E-state index in [0.717, 1.165) is 11.1 Å². The Hall–Kier alpha value is -2.42. The first-order valence-corrected chi connectivity index (χ1v) is 6.53. The summed E-state index contributed by atoms with van der Waals surface area (Å²) in [5.41, 5.74) is 5.36. The zero-order valence-corrected chi connectivity index (χ0v) is 11.7. The lowest BCUT2D eigenvalue weighted by Crippen LogP contribution is -1.89. The minimum Gasteiger partial charge on any atom is -0.436 e. The minimum atomic E-state index is 0.0243. The SMILES string of the molecule is CC(=O)c1ccc2nc(-c3cc(C)cc(C)c3)oc2c1. The molecule has 0 aliphatic heterocycles. The van der Waals surface area contributed by atoms with Gasteiger partial charge in [0.15, 0.2) is 11.4 Å². The summed E-state index contributed by atoms with van der Waals surface area (Å²) < 4.78 is 5.79. The zero-order chi connectivity index (χ0) is 14.3. The Balaban J connectivity index is 2.15. The van der Waals surface area contributed by atoms with Crippen LogP contribution in [0.3, 0.4) is 0 Å². The molecule has 1 heterocycles.